The maximum Gasteiger partial charge on any atom is 0.163 e. The summed E-state index contributed by atoms with van der Waals surface area (Å²) in [5.74, 6) is 1.82. The third kappa shape index (κ3) is 4.69. The number of hydrogen-bond donors (Lipinski definition) is 0. The molecule has 2 aromatic carbocycles. The minimum absolute atomic E-state index is 0.0628. The highest BCUT2D eigenvalue weighted by molar-refractivity contribution is 6.31. The highest BCUT2D eigenvalue weighted by Crippen LogP contribution is 2.53. The summed E-state index contributed by atoms with van der Waals surface area (Å²) in [5.41, 5.74) is 2.71. The monoisotopic (exact) mass is 490 g/mol. The quantitative estimate of drug-likeness (QED) is 0.450. The lowest BCUT2D eigenvalue weighted by Gasteiger charge is -2.42. The van der Waals surface area contributed by atoms with Crippen molar-refractivity contribution in [3.05, 3.63) is 87.3 Å². The topological polar surface area (TPSA) is 52.6 Å². The number of rotatable bonds is 4. The summed E-state index contributed by atoms with van der Waals surface area (Å²) < 4.78 is 12.5. The Bertz CT molecular complexity index is 1230. The first-order valence-corrected chi connectivity index (χ1v) is 12.6. The zero-order chi connectivity index (χ0) is 25.0. The number of carbonyl (C=O) groups is 2. The molecule has 0 fully saturated rings. The van der Waals surface area contributed by atoms with E-state index in [0.717, 1.165) is 22.6 Å². The zero-order valence-electron chi connectivity index (χ0n) is 20.7. The van der Waals surface area contributed by atoms with Gasteiger partial charge in [-0.2, -0.15) is 0 Å². The average molecular weight is 491 g/mol. The van der Waals surface area contributed by atoms with E-state index in [2.05, 4.69) is 27.7 Å². The molecule has 182 valence electrons. The lowest BCUT2D eigenvalue weighted by atomic mass is 9.65. The minimum atomic E-state index is -0.426. The number of ether oxygens (including phenoxy) is 2. The van der Waals surface area contributed by atoms with Gasteiger partial charge in [0.15, 0.2) is 11.6 Å². The van der Waals surface area contributed by atoms with Crippen LogP contribution < -0.4 is 4.74 Å². The highest BCUT2D eigenvalue weighted by Gasteiger charge is 2.47. The Morgan fingerprint density at radius 2 is 1.46 bits per heavy atom. The summed E-state index contributed by atoms with van der Waals surface area (Å²) in [5, 5.41) is 0.656. The smallest absolute Gasteiger partial charge is 0.163 e. The Kier molecular flexibility index (Phi) is 5.91. The summed E-state index contributed by atoms with van der Waals surface area (Å²) in [6, 6.07) is 15.3. The van der Waals surface area contributed by atoms with Crippen molar-refractivity contribution in [3.8, 4) is 5.75 Å². The lowest BCUT2D eigenvalue weighted by molar-refractivity contribution is -0.120. The maximum atomic E-state index is 13.5. The Balaban J connectivity index is 1.56. The van der Waals surface area contributed by atoms with Crippen LogP contribution in [0, 0.1) is 10.8 Å². The van der Waals surface area contributed by atoms with E-state index in [1.165, 1.54) is 0 Å². The predicted octanol–water partition coefficient (Wildman–Crippen LogP) is 7.32. The van der Waals surface area contributed by atoms with Gasteiger partial charge in [0, 0.05) is 53.3 Å². The van der Waals surface area contributed by atoms with E-state index >= 15 is 0 Å². The van der Waals surface area contributed by atoms with Crippen molar-refractivity contribution in [2.24, 2.45) is 10.8 Å². The molecule has 0 N–H and O–H groups in total. The number of allylic oxidation sites excluding steroid dienone is 4. The molecule has 5 heteroatoms. The molecule has 5 rings (SSSR count). The van der Waals surface area contributed by atoms with E-state index < -0.39 is 5.92 Å². The van der Waals surface area contributed by atoms with Crippen LogP contribution in [0.5, 0.6) is 5.75 Å². The van der Waals surface area contributed by atoms with Gasteiger partial charge in [-0.05, 0) is 34.6 Å². The summed E-state index contributed by atoms with van der Waals surface area (Å²) in [7, 11) is 0. The summed E-state index contributed by atoms with van der Waals surface area (Å²) in [6.07, 6.45) is 2.24. The SMILES string of the molecule is CC1(C)CC(=O)C2=C(C1)OC1=C(C(=O)CC(C)(C)C1)C2c1cccc(OCc2ccccc2Cl)c1. The Morgan fingerprint density at radius 1 is 0.857 bits per heavy atom. The Labute approximate surface area is 212 Å². The molecular formula is C30H31ClO4. The second-order valence-electron chi connectivity index (χ2n) is 11.5. The number of benzene rings is 2. The molecule has 2 aromatic rings. The molecule has 0 spiro atoms. The van der Waals surface area contributed by atoms with Gasteiger partial charge in [-0.15, -0.1) is 0 Å². The molecule has 0 aromatic heterocycles. The fourth-order valence-corrected chi connectivity index (χ4v) is 5.76. The van der Waals surface area contributed by atoms with Crippen molar-refractivity contribution in [1.82, 2.24) is 0 Å². The fourth-order valence-electron chi connectivity index (χ4n) is 5.57. The van der Waals surface area contributed by atoms with Crippen LogP contribution in [0.4, 0.5) is 0 Å². The summed E-state index contributed by atoms with van der Waals surface area (Å²) in [6.45, 7) is 8.71. The molecule has 35 heavy (non-hydrogen) atoms. The van der Waals surface area contributed by atoms with Gasteiger partial charge in [0.25, 0.3) is 0 Å². The van der Waals surface area contributed by atoms with E-state index in [4.69, 9.17) is 21.1 Å². The Morgan fingerprint density at radius 3 is 2.06 bits per heavy atom. The van der Waals surface area contributed by atoms with Crippen LogP contribution in [0.15, 0.2) is 71.2 Å². The minimum Gasteiger partial charge on any atom is -0.489 e. The van der Waals surface area contributed by atoms with Crippen molar-refractivity contribution in [3.63, 3.8) is 0 Å². The van der Waals surface area contributed by atoms with E-state index in [1.54, 1.807) is 0 Å². The van der Waals surface area contributed by atoms with Gasteiger partial charge in [-0.3, -0.25) is 9.59 Å². The zero-order valence-corrected chi connectivity index (χ0v) is 21.5. The van der Waals surface area contributed by atoms with Gasteiger partial charge in [0.2, 0.25) is 0 Å². The van der Waals surface area contributed by atoms with Crippen LogP contribution in [-0.2, 0) is 20.9 Å². The molecule has 0 unspecified atom stereocenters. The molecule has 0 saturated carbocycles. The summed E-state index contributed by atoms with van der Waals surface area (Å²) in [4.78, 5) is 26.9. The highest BCUT2D eigenvalue weighted by atomic mass is 35.5. The molecule has 0 radical (unpaired) electrons. The molecule has 1 aliphatic heterocycles. The number of Topliss-reactive ketones (excluding diaryl/α,β-unsaturated/α-hetero) is 2. The molecule has 4 nitrogen and oxygen atoms in total. The van der Waals surface area contributed by atoms with Crippen LogP contribution in [-0.4, -0.2) is 11.6 Å². The van der Waals surface area contributed by atoms with E-state index in [1.807, 2.05) is 48.5 Å². The first kappa shape index (κ1) is 23.9. The molecule has 0 amide bonds. The second kappa shape index (κ2) is 8.67. The van der Waals surface area contributed by atoms with Crippen LogP contribution in [0.25, 0.3) is 0 Å². The largest absolute Gasteiger partial charge is 0.489 e. The van der Waals surface area contributed by atoms with Crippen molar-refractivity contribution in [2.45, 2.75) is 65.9 Å². The number of hydrogen-bond acceptors (Lipinski definition) is 4. The van der Waals surface area contributed by atoms with Crippen molar-refractivity contribution < 1.29 is 19.1 Å². The van der Waals surface area contributed by atoms with Gasteiger partial charge in [-0.25, -0.2) is 0 Å². The van der Waals surface area contributed by atoms with E-state index in [9.17, 15) is 9.59 Å². The van der Waals surface area contributed by atoms with E-state index in [0.29, 0.717) is 54.2 Å². The molecule has 0 atom stereocenters. The van der Waals surface area contributed by atoms with Crippen LogP contribution >= 0.6 is 11.6 Å². The van der Waals surface area contributed by atoms with Gasteiger partial charge in [0.05, 0.1) is 0 Å². The van der Waals surface area contributed by atoms with Crippen molar-refractivity contribution in [2.75, 3.05) is 0 Å². The third-order valence-electron chi connectivity index (χ3n) is 7.13. The molecule has 1 heterocycles. The van der Waals surface area contributed by atoms with Crippen LogP contribution in [0.3, 0.4) is 0 Å². The predicted molar refractivity (Wildman–Crippen MR) is 136 cm³/mol. The van der Waals surface area contributed by atoms with Crippen LogP contribution in [0.1, 0.15) is 70.4 Å². The van der Waals surface area contributed by atoms with Gasteiger partial charge >= 0.3 is 0 Å². The first-order valence-electron chi connectivity index (χ1n) is 12.2. The summed E-state index contributed by atoms with van der Waals surface area (Å²) >= 11 is 6.29. The Hall–Kier alpha value is -2.85. The maximum absolute atomic E-state index is 13.5. The first-order chi connectivity index (χ1) is 16.5. The molecule has 2 aliphatic carbocycles. The molecular weight excluding hydrogens is 460 g/mol. The average Bonchev–Trinajstić information content (AvgIpc) is 2.75. The van der Waals surface area contributed by atoms with Gasteiger partial charge in [0.1, 0.15) is 23.9 Å². The number of halogens is 1. The van der Waals surface area contributed by atoms with Crippen LogP contribution in [0.2, 0.25) is 5.02 Å². The fraction of sp³-hybridized carbons (Fsp3) is 0.400. The number of ketones is 2. The lowest BCUT2D eigenvalue weighted by Crippen LogP contribution is -2.37. The van der Waals surface area contributed by atoms with Crippen molar-refractivity contribution >= 4 is 23.2 Å². The normalized spacial score (nSPS) is 21.4. The van der Waals surface area contributed by atoms with Crippen molar-refractivity contribution in [1.29, 1.82) is 0 Å². The van der Waals surface area contributed by atoms with Gasteiger partial charge < -0.3 is 9.47 Å². The number of carbonyl (C=O) groups excluding carboxylic acids is 2. The van der Waals surface area contributed by atoms with Gasteiger partial charge in [-0.1, -0.05) is 69.6 Å². The standard InChI is InChI=1S/C30H31ClO4/c1-29(2)13-22(32)27-24(15-29)35-25-16-30(3,4)14-23(33)28(25)26(27)18-9-7-10-20(12-18)34-17-19-8-5-6-11-21(19)31/h5-12,26H,13-17H2,1-4H3. The van der Waals surface area contributed by atoms with E-state index in [-0.39, 0.29) is 22.4 Å². The molecule has 0 bridgehead atoms. The molecule has 3 aliphatic rings. The second-order valence-corrected chi connectivity index (χ2v) is 12.0. The molecule has 0 saturated heterocycles. The third-order valence-corrected chi connectivity index (χ3v) is 7.49.